The quantitative estimate of drug-likeness (QED) is 0.509. The molecular weight excluding hydrogens is 256 g/mol. The van der Waals surface area contributed by atoms with E-state index < -0.39 is 0 Å². The Bertz CT molecular complexity index is 345. The Kier molecular flexibility index (Phi) is 10.1. The fourth-order valence-corrected chi connectivity index (χ4v) is 2.80. The Morgan fingerprint density at radius 1 is 0.952 bits per heavy atom. The summed E-state index contributed by atoms with van der Waals surface area (Å²) in [5.41, 5.74) is 2.44. The van der Waals surface area contributed by atoms with Crippen LogP contribution in [0.15, 0.2) is 18.3 Å². The van der Waals surface area contributed by atoms with Gasteiger partial charge in [0, 0.05) is 17.9 Å². The van der Waals surface area contributed by atoms with E-state index in [1.807, 2.05) is 13.1 Å². The van der Waals surface area contributed by atoms with Crippen molar-refractivity contribution in [3.63, 3.8) is 0 Å². The van der Waals surface area contributed by atoms with Crippen molar-refractivity contribution in [2.24, 2.45) is 0 Å². The van der Waals surface area contributed by atoms with Crippen molar-refractivity contribution < 1.29 is 0 Å². The maximum Gasteiger partial charge on any atom is 0.0372 e. The van der Waals surface area contributed by atoms with Gasteiger partial charge in [-0.25, -0.2) is 0 Å². The number of aryl methyl sites for hydroxylation is 1. The van der Waals surface area contributed by atoms with Gasteiger partial charge in [0.05, 0.1) is 0 Å². The zero-order valence-corrected chi connectivity index (χ0v) is 14.3. The molecule has 21 heavy (non-hydrogen) atoms. The summed E-state index contributed by atoms with van der Waals surface area (Å²) in [7, 11) is 0. The zero-order chi connectivity index (χ0) is 15.3. The van der Waals surface area contributed by atoms with Gasteiger partial charge in [0.25, 0.3) is 0 Å². The molecular formula is C19H34N2. The summed E-state index contributed by atoms with van der Waals surface area (Å²) in [6.45, 7) is 7.53. The second-order valence-electron chi connectivity index (χ2n) is 6.11. The average molecular weight is 290 g/mol. The minimum atomic E-state index is 0.475. The molecule has 0 spiro atoms. The van der Waals surface area contributed by atoms with E-state index in [1.165, 1.54) is 63.4 Å². The van der Waals surface area contributed by atoms with Crippen molar-refractivity contribution >= 4 is 0 Å². The van der Waals surface area contributed by atoms with E-state index in [0.29, 0.717) is 6.04 Å². The normalized spacial score (nSPS) is 12.5. The van der Waals surface area contributed by atoms with Gasteiger partial charge in [-0.05, 0) is 31.5 Å². The second kappa shape index (κ2) is 11.7. The lowest BCUT2D eigenvalue weighted by Gasteiger charge is -2.18. The first-order valence-corrected chi connectivity index (χ1v) is 8.93. The monoisotopic (exact) mass is 290 g/mol. The van der Waals surface area contributed by atoms with Crippen LogP contribution in [-0.2, 0) is 0 Å². The molecule has 1 atom stereocenters. The first kappa shape index (κ1) is 18.2. The van der Waals surface area contributed by atoms with Crippen molar-refractivity contribution in [2.75, 3.05) is 6.54 Å². The van der Waals surface area contributed by atoms with Crippen LogP contribution in [0.25, 0.3) is 0 Å². The van der Waals surface area contributed by atoms with E-state index in [4.69, 9.17) is 0 Å². The molecule has 1 rings (SSSR count). The number of aromatic nitrogens is 1. The van der Waals surface area contributed by atoms with Crippen LogP contribution in [0, 0.1) is 6.92 Å². The molecule has 2 heteroatoms. The second-order valence-corrected chi connectivity index (χ2v) is 6.11. The molecule has 1 aromatic rings. The fraction of sp³-hybridized carbons (Fsp3) is 0.737. The number of pyridine rings is 1. The molecule has 0 saturated heterocycles. The first-order chi connectivity index (χ1) is 10.3. The highest BCUT2D eigenvalue weighted by Crippen LogP contribution is 2.20. The lowest BCUT2D eigenvalue weighted by atomic mass is 10.0. The molecule has 0 saturated carbocycles. The molecule has 0 aromatic carbocycles. The van der Waals surface area contributed by atoms with E-state index in [0.717, 1.165) is 12.2 Å². The molecule has 0 aliphatic carbocycles. The fourth-order valence-electron chi connectivity index (χ4n) is 2.80. The molecule has 1 aromatic heterocycles. The van der Waals surface area contributed by atoms with Gasteiger partial charge in [0.2, 0.25) is 0 Å². The molecule has 1 N–H and O–H groups in total. The Morgan fingerprint density at radius 3 is 2.19 bits per heavy atom. The standard InChI is InChI=1S/C19H34N2/c1-4-6-7-8-9-10-11-12-13-19(20-5-2)18-15-14-17(3)21-16-18/h14-16,19-20H,4-13H2,1-3H3. The average Bonchev–Trinajstić information content (AvgIpc) is 2.50. The Balaban J connectivity index is 2.21. The van der Waals surface area contributed by atoms with Crippen LogP contribution >= 0.6 is 0 Å². The zero-order valence-electron chi connectivity index (χ0n) is 14.3. The number of unbranched alkanes of at least 4 members (excludes halogenated alkanes) is 7. The maximum absolute atomic E-state index is 4.43. The molecule has 1 unspecified atom stereocenters. The number of nitrogens with one attached hydrogen (secondary N) is 1. The van der Waals surface area contributed by atoms with Crippen molar-refractivity contribution in [3.8, 4) is 0 Å². The lowest BCUT2D eigenvalue weighted by molar-refractivity contribution is 0.474. The smallest absolute Gasteiger partial charge is 0.0372 e. The summed E-state index contributed by atoms with van der Waals surface area (Å²) in [6, 6.07) is 4.82. The van der Waals surface area contributed by atoms with Crippen LogP contribution < -0.4 is 5.32 Å². The highest BCUT2D eigenvalue weighted by molar-refractivity contribution is 5.17. The largest absolute Gasteiger partial charge is 0.310 e. The van der Waals surface area contributed by atoms with Crippen LogP contribution in [0.1, 0.15) is 88.9 Å². The first-order valence-electron chi connectivity index (χ1n) is 8.93. The van der Waals surface area contributed by atoms with Gasteiger partial charge in [-0.15, -0.1) is 0 Å². The lowest BCUT2D eigenvalue weighted by Crippen LogP contribution is -2.21. The molecule has 0 bridgehead atoms. The van der Waals surface area contributed by atoms with Crippen LogP contribution in [0.2, 0.25) is 0 Å². The number of rotatable bonds is 12. The van der Waals surface area contributed by atoms with Crippen LogP contribution in [-0.4, -0.2) is 11.5 Å². The minimum Gasteiger partial charge on any atom is -0.310 e. The summed E-state index contributed by atoms with van der Waals surface area (Å²) < 4.78 is 0. The molecule has 0 radical (unpaired) electrons. The number of hydrogen-bond acceptors (Lipinski definition) is 2. The van der Waals surface area contributed by atoms with E-state index in [1.54, 1.807) is 0 Å². The van der Waals surface area contributed by atoms with Gasteiger partial charge < -0.3 is 5.32 Å². The predicted molar refractivity (Wildman–Crippen MR) is 92.6 cm³/mol. The number of hydrogen-bond donors (Lipinski definition) is 1. The Labute approximate surface area is 131 Å². The van der Waals surface area contributed by atoms with Crippen molar-refractivity contribution in [3.05, 3.63) is 29.6 Å². The minimum absolute atomic E-state index is 0.475. The van der Waals surface area contributed by atoms with Crippen LogP contribution in [0.5, 0.6) is 0 Å². The van der Waals surface area contributed by atoms with Gasteiger partial charge in [-0.2, -0.15) is 0 Å². The van der Waals surface area contributed by atoms with E-state index in [9.17, 15) is 0 Å². The number of nitrogens with zero attached hydrogens (tertiary/aromatic N) is 1. The SMILES string of the molecule is CCCCCCCCCCC(NCC)c1ccc(C)nc1. The van der Waals surface area contributed by atoms with Gasteiger partial charge in [0.1, 0.15) is 0 Å². The highest BCUT2D eigenvalue weighted by Gasteiger charge is 2.09. The van der Waals surface area contributed by atoms with Gasteiger partial charge in [0.15, 0.2) is 0 Å². The summed E-state index contributed by atoms with van der Waals surface area (Å²) in [5, 5.41) is 3.60. The van der Waals surface area contributed by atoms with Crippen LogP contribution in [0.4, 0.5) is 0 Å². The molecule has 1 heterocycles. The van der Waals surface area contributed by atoms with Gasteiger partial charge in [-0.1, -0.05) is 71.3 Å². The third-order valence-electron chi connectivity index (χ3n) is 4.13. The molecule has 0 aliphatic rings. The van der Waals surface area contributed by atoms with Crippen LogP contribution in [0.3, 0.4) is 0 Å². The van der Waals surface area contributed by atoms with Crippen molar-refractivity contribution in [1.82, 2.24) is 10.3 Å². The predicted octanol–water partition coefficient (Wildman–Crippen LogP) is 5.57. The molecule has 0 fully saturated rings. The van der Waals surface area contributed by atoms with E-state index in [2.05, 4.69) is 36.3 Å². The third-order valence-corrected chi connectivity index (χ3v) is 4.13. The highest BCUT2D eigenvalue weighted by atomic mass is 14.9. The van der Waals surface area contributed by atoms with E-state index in [-0.39, 0.29) is 0 Å². The summed E-state index contributed by atoms with van der Waals surface area (Å²) in [6.07, 6.45) is 14.4. The Hall–Kier alpha value is -0.890. The van der Waals surface area contributed by atoms with E-state index >= 15 is 0 Å². The molecule has 2 nitrogen and oxygen atoms in total. The van der Waals surface area contributed by atoms with Gasteiger partial charge in [-0.3, -0.25) is 4.98 Å². The van der Waals surface area contributed by atoms with Gasteiger partial charge >= 0.3 is 0 Å². The summed E-state index contributed by atoms with van der Waals surface area (Å²) in [4.78, 5) is 4.43. The third kappa shape index (κ3) is 8.21. The summed E-state index contributed by atoms with van der Waals surface area (Å²) in [5.74, 6) is 0. The molecule has 0 amide bonds. The molecule has 120 valence electrons. The molecule has 0 aliphatic heterocycles. The maximum atomic E-state index is 4.43. The van der Waals surface area contributed by atoms with Crippen molar-refractivity contribution in [2.45, 2.75) is 84.6 Å². The summed E-state index contributed by atoms with van der Waals surface area (Å²) >= 11 is 0. The topological polar surface area (TPSA) is 24.9 Å². The Morgan fingerprint density at radius 2 is 1.62 bits per heavy atom. The van der Waals surface area contributed by atoms with Crippen molar-refractivity contribution in [1.29, 1.82) is 0 Å².